The molecule has 96 valence electrons. The number of nitroso groups, excluding NO2 is 1. The summed E-state index contributed by atoms with van der Waals surface area (Å²) in [5.74, 6) is -0.542. The smallest absolute Gasteiger partial charge is 0.300 e. The second kappa shape index (κ2) is 4.82. The van der Waals surface area contributed by atoms with Crippen molar-refractivity contribution in [3.8, 4) is 0 Å². The zero-order valence-corrected chi connectivity index (χ0v) is 10.7. The van der Waals surface area contributed by atoms with E-state index in [0.717, 1.165) is 26.2 Å². The van der Waals surface area contributed by atoms with E-state index in [1.54, 1.807) is 0 Å². The van der Waals surface area contributed by atoms with Crippen LogP contribution in [0.3, 0.4) is 0 Å². The predicted molar refractivity (Wildman–Crippen MR) is 65.6 cm³/mol. The highest BCUT2D eigenvalue weighted by atomic mass is 16.3. The Hall–Kier alpha value is -0.810. The highest BCUT2D eigenvalue weighted by Crippen LogP contribution is 2.40. The van der Waals surface area contributed by atoms with Crippen LogP contribution in [0.4, 0.5) is 0 Å². The van der Waals surface area contributed by atoms with E-state index in [2.05, 4.69) is 23.9 Å². The average molecular weight is 239 g/mol. The monoisotopic (exact) mass is 239 g/mol. The number of nitrogens with zero attached hydrogens (tertiary/aromatic N) is 3. The van der Waals surface area contributed by atoms with Crippen LogP contribution >= 0.6 is 0 Å². The molecule has 0 radical (unpaired) electrons. The molecular weight excluding hydrogens is 218 g/mol. The zero-order chi connectivity index (χ0) is 12.5. The third-order valence-corrected chi connectivity index (χ3v) is 4.17. The van der Waals surface area contributed by atoms with Crippen molar-refractivity contribution in [1.82, 2.24) is 9.80 Å². The molecule has 0 aromatic carbocycles. The Morgan fingerprint density at radius 1 is 1.29 bits per heavy atom. The quantitative estimate of drug-likeness (QED) is 0.692. The summed E-state index contributed by atoms with van der Waals surface area (Å²) in [7, 11) is 0. The first kappa shape index (κ1) is 12.6. The van der Waals surface area contributed by atoms with E-state index in [1.807, 2.05) is 4.90 Å². The molecule has 1 amide bonds. The van der Waals surface area contributed by atoms with E-state index in [1.165, 1.54) is 12.8 Å². The zero-order valence-electron chi connectivity index (χ0n) is 10.7. The summed E-state index contributed by atoms with van der Waals surface area (Å²) in [6.07, 6.45) is 2.43. The van der Waals surface area contributed by atoms with Crippen LogP contribution in [0.5, 0.6) is 0 Å². The van der Waals surface area contributed by atoms with Crippen molar-refractivity contribution in [2.45, 2.75) is 32.7 Å². The van der Waals surface area contributed by atoms with Crippen molar-refractivity contribution < 1.29 is 4.79 Å². The van der Waals surface area contributed by atoms with Gasteiger partial charge in [0, 0.05) is 24.3 Å². The van der Waals surface area contributed by atoms with Gasteiger partial charge in [-0.15, -0.1) is 4.91 Å². The van der Waals surface area contributed by atoms with Gasteiger partial charge in [-0.2, -0.15) is 0 Å². The highest BCUT2D eigenvalue weighted by molar-refractivity contribution is 5.78. The fourth-order valence-corrected chi connectivity index (χ4v) is 3.07. The number of carbonyl (C=O) groups is 1. The fourth-order valence-electron chi connectivity index (χ4n) is 3.07. The van der Waals surface area contributed by atoms with Gasteiger partial charge in [-0.25, -0.2) is 0 Å². The second-order valence-corrected chi connectivity index (χ2v) is 5.76. The van der Waals surface area contributed by atoms with Crippen LogP contribution in [0.2, 0.25) is 0 Å². The third kappa shape index (κ3) is 2.72. The van der Waals surface area contributed by atoms with E-state index in [9.17, 15) is 9.70 Å². The van der Waals surface area contributed by atoms with Gasteiger partial charge in [0.05, 0.1) is 6.54 Å². The maximum atomic E-state index is 10.9. The van der Waals surface area contributed by atoms with Gasteiger partial charge in [0.2, 0.25) is 0 Å². The summed E-state index contributed by atoms with van der Waals surface area (Å²) in [6.45, 7) is 8.91. The van der Waals surface area contributed by atoms with Crippen LogP contribution in [-0.4, -0.2) is 54.5 Å². The number of amides is 1. The van der Waals surface area contributed by atoms with Crippen LogP contribution in [-0.2, 0) is 4.79 Å². The van der Waals surface area contributed by atoms with Gasteiger partial charge in [0.1, 0.15) is 0 Å². The summed E-state index contributed by atoms with van der Waals surface area (Å²) in [6, 6.07) is 0.629. The first-order chi connectivity index (χ1) is 8.04. The predicted octanol–water partition coefficient (Wildman–Crippen LogP) is 1.09. The number of hydrogen-bond acceptors (Lipinski definition) is 4. The number of piperidine rings is 1. The van der Waals surface area contributed by atoms with E-state index in [-0.39, 0.29) is 6.54 Å². The number of carbonyl (C=O) groups excluding carboxylic acids is 1. The van der Waals surface area contributed by atoms with Crippen LogP contribution in [0.25, 0.3) is 0 Å². The molecular formula is C12H21N3O2. The Kier molecular flexibility index (Phi) is 3.58. The molecule has 0 aromatic heterocycles. The standard InChI is InChI=1S/C12H21N3O2/c1-10(2)15-5-3-12(4-6-15)8-14(9-12)7-11(16)13-17/h10H,3-9H2,1-2H3. The molecule has 0 unspecified atom stereocenters. The third-order valence-electron chi connectivity index (χ3n) is 4.17. The first-order valence-corrected chi connectivity index (χ1v) is 6.37. The minimum absolute atomic E-state index is 0.207. The minimum Gasteiger partial charge on any atom is -0.301 e. The molecule has 0 atom stereocenters. The van der Waals surface area contributed by atoms with Crippen LogP contribution in [0.15, 0.2) is 5.18 Å². The Morgan fingerprint density at radius 3 is 2.35 bits per heavy atom. The van der Waals surface area contributed by atoms with E-state index < -0.39 is 5.91 Å². The number of likely N-dealkylation sites (tertiary alicyclic amines) is 2. The summed E-state index contributed by atoms with van der Waals surface area (Å²) in [4.78, 5) is 25.5. The van der Waals surface area contributed by atoms with Crippen LogP contribution < -0.4 is 0 Å². The molecule has 0 aromatic rings. The van der Waals surface area contributed by atoms with E-state index in [4.69, 9.17) is 0 Å². The van der Waals surface area contributed by atoms with Crippen molar-refractivity contribution in [1.29, 1.82) is 0 Å². The SMILES string of the molecule is CC(C)N1CCC2(CC1)CN(CC(=O)N=O)C2. The van der Waals surface area contributed by atoms with Crippen LogP contribution in [0, 0.1) is 10.3 Å². The summed E-state index contributed by atoms with van der Waals surface area (Å²) in [5, 5.41) is 2.44. The second-order valence-electron chi connectivity index (χ2n) is 5.76. The Bertz CT molecular complexity index is 301. The molecule has 5 heteroatoms. The summed E-state index contributed by atoms with van der Waals surface area (Å²) < 4.78 is 0. The molecule has 0 saturated carbocycles. The molecule has 17 heavy (non-hydrogen) atoms. The van der Waals surface area contributed by atoms with Crippen molar-refractivity contribution in [2.75, 3.05) is 32.7 Å². The van der Waals surface area contributed by atoms with Crippen molar-refractivity contribution >= 4 is 5.91 Å². The lowest BCUT2D eigenvalue weighted by atomic mass is 9.72. The Labute approximate surface area is 102 Å². The molecule has 5 nitrogen and oxygen atoms in total. The largest absolute Gasteiger partial charge is 0.301 e. The van der Waals surface area contributed by atoms with Crippen molar-refractivity contribution in [2.24, 2.45) is 10.6 Å². The summed E-state index contributed by atoms with van der Waals surface area (Å²) in [5.41, 5.74) is 0.411. The molecule has 2 aliphatic heterocycles. The van der Waals surface area contributed by atoms with Gasteiger partial charge in [-0.1, -0.05) is 0 Å². The first-order valence-electron chi connectivity index (χ1n) is 6.37. The highest BCUT2D eigenvalue weighted by Gasteiger charge is 2.45. The Morgan fingerprint density at radius 2 is 1.88 bits per heavy atom. The number of hydrogen-bond donors (Lipinski definition) is 0. The lowest BCUT2D eigenvalue weighted by molar-refractivity contribution is -0.124. The lowest BCUT2D eigenvalue weighted by Crippen LogP contribution is -2.61. The topological polar surface area (TPSA) is 53.0 Å². The minimum atomic E-state index is -0.542. The average Bonchev–Trinajstić information content (AvgIpc) is 2.27. The van der Waals surface area contributed by atoms with Gasteiger partial charge in [0.15, 0.2) is 0 Å². The number of rotatable bonds is 3. The van der Waals surface area contributed by atoms with E-state index in [0.29, 0.717) is 11.5 Å². The lowest BCUT2D eigenvalue weighted by Gasteiger charge is -2.54. The molecule has 0 aliphatic carbocycles. The molecule has 1 spiro atoms. The van der Waals surface area contributed by atoms with Gasteiger partial charge < -0.3 is 4.90 Å². The molecule has 0 bridgehead atoms. The maximum Gasteiger partial charge on any atom is 0.300 e. The van der Waals surface area contributed by atoms with Crippen molar-refractivity contribution in [3.63, 3.8) is 0 Å². The fraction of sp³-hybridized carbons (Fsp3) is 0.917. The molecule has 2 rings (SSSR count). The maximum absolute atomic E-state index is 10.9. The molecule has 2 aliphatic rings. The molecule has 2 fully saturated rings. The molecule has 2 saturated heterocycles. The van der Waals surface area contributed by atoms with E-state index >= 15 is 0 Å². The van der Waals surface area contributed by atoms with Gasteiger partial charge >= 0.3 is 0 Å². The van der Waals surface area contributed by atoms with Gasteiger partial charge in [-0.3, -0.25) is 9.69 Å². The van der Waals surface area contributed by atoms with Gasteiger partial charge in [0.25, 0.3) is 5.91 Å². The van der Waals surface area contributed by atoms with Gasteiger partial charge in [-0.05, 0) is 45.2 Å². The molecule has 2 heterocycles. The van der Waals surface area contributed by atoms with Crippen molar-refractivity contribution in [3.05, 3.63) is 4.91 Å². The Balaban J connectivity index is 1.76. The summed E-state index contributed by atoms with van der Waals surface area (Å²) >= 11 is 0. The normalized spacial score (nSPS) is 24.9. The molecule has 0 N–H and O–H groups in total. The van der Waals surface area contributed by atoms with Crippen LogP contribution in [0.1, 0.15) is 26.7 Å².